The van der Waals surface area contributed by atoms with Crippen LogP contribution >= 0.6 is 0 Å². The molecular weight excluding hydrogens is 326 g/mol. The number of esters is 2. The van der Waals surface area contributed by atoms with Crippen LogP contribution in [0.5, 0.6) is 0 Å². The summed E-state index contributed by atoms with van der Waals surface area (Å²) < 4.78 is 11.1. The van der Waals surface area contributed by atoms with Crippen LogP contribution in [0.1, 0.15) is 34.1 Å². The number of rotatable bonds is 1. The van der Waals surface area contributed by atoms with E-state index < -0.39 is 29.1 Å². The Morgan fingerprint density at radius 3 is 2.60 bits per heavy atom. The van der Waals surface area contributed by atoms with E-state index in [9.17, 15) is 19.8 Å². The number of carbonyl (C=O) groups excluding carboxylic acids is 2. The molecule has 2 fully saturated rings. The highest BCUT2D eigenvalue weighted by atomic mass is 16.6. The molecule has 7 heteroatoms. The average molecular weight is 353 g/mol. The summed E-state index contributed by atoms with van der Waals surface area (Å²) in [6.45, 7) is 7.54. The molecule has 25 heavy (non-hydrogen) atoms. The van der Waals surface area contributed by atoms with Crippen molar-refractivity contribution in [2.24, 2.45) is 11.8 Å². The van der Waals surface area contributed by atoms with Gasteiger partial charge in [0.05, 0.1) is 12.0 Å². The van der Waals surface area contributed by atoms with Crippen LogP contribution in [0.4, 0.5) is 0 Å². The Morgan fingerprint density at radius 1 is 1.28 bits per heavy atom. The van der Waals surface area contributed by atoms with Crippen molar-refractivity contribution in [3.63, 3.8) is 0 Å². The monoisotopic (exact) mass is 353 g/mol. The van der Waals surface area contributed by atoms with Crippen LogP contribution in [0.3, 0.4) is 0 Å². The summed E-state index contributed by atoms with van der Waals surface area (Å²) in [6, 6.07) is -0.0995. The lowest BCUT2D eigenvalue weighted by Gasteiger charge is -2.42. The Morgan fingerprint density at radius 2 is 1.96 bits per heavy atom. The van der Waals surface area contributed by atoms with Crippen molar-refractivity contribution >= 4 is 11.9 Å². The van der Waals surface area contributed by atoms with Crippen molar-refractivity contribution in [3.8, 4) is 0 Å². The third kappa shape index (κ3) is 2.78. The number of hydrogen-bond donors (Lipinski definition) is 2. The van der Waals surface area contributed by atoms with Gasteiger partial charge in [-0.2, -0.15) is 0 Å². The Bertz CT molecular complexity index is 609. The fourth-order valence-corrected chi connectivity index (χ4v) is 4.30. The minimum absolute atomic E-state index is 0.0205. The van der Waals surface area contributed by atoms with E-state index in [1.807, 2.05) is 6.08 Å². The molecule has 3 aliphatic heterocycles. The summed E-state index contributed by atoms with van der Waals surface area (Å²) in [7, 11) is 0. The molecule has 7 nitrogen and oxygen atoms in total. The number of carbonyl (C=O) groups is 2. The van der Waals surface area contributed by atoms with E-state index in [4.69, 9.17) is 9.47 Å². The first-order chi connectivity index (χ1) is 11.6. The summed E-state index contributed by atoms with van der Waals surface area (Å²) in [6.07, 6.45) is 2.34. The summed E-state index contributed by atoms with van der Waals surface area (Å²) in [5, 5.41) is 21.7. The number of ether oxygens (including phenoxy) is 2. The molecule has 0 spiro atoms. The summed E-state index contributed by atoms with van der Waals surface area (Å²) >= 11 is 0. The van der Waals surface area contributed by atoms with E-state index >= 15 is 0 Å². The van der Waals surface area contributed by atoms with Gasteiger partial charge in [-0.15, -0.1) is 0 Å². The molecule has 0 aromatic heterocycles. The molecule has 0 saturated carbocycles. The van der Waals surface area contributed by atoms with Crippen molar-refractivity contribution in [1.82, 2.24) is 4.90 Å². The summed E-state index contributed by atoms with van der Waals surface area (Å²) in [5.74, 6) is -2.92. The van der Waals surface area contributed by atoms with E-state index in [1.165, 1.54) is 13.8 Å². The maximum atomic E-state index is 12.9. The van der Waals surface area contributed by atoms with Crippen LogP contribution in [0.15, 0.2) is 11.6 Å². The second-order valence-electron chi connectivity index (χ2n) is 8.00. The molecule has 2 N–H and O–H groups in total. The lowest BCUT2D eigenvalue weighted by atomic mass is 9.71. The van der Waals surface area contributed by atoms with Gasteiger partial charge in [0, 0.05) is 13.1 Å². The predicted molar refractivity (Wildman–Crippen MR) is 88.5 cm³/mol. The Labute approximate surface area is 147 Å². The minimum atomic E-state index is -2.24. The first-order valence-electron chi connectivity index (χ1n) is 8.82. The van der Waals surface area contributed by atoms with Gasteiger partial charge in [-0.1, -0.05) is 19.9 Å². The average Bonchev–Trinajstić information content (AvgIpc) is 3.06. The van der Waals surface area contributed by atoms with E-state index in [0.29, 0.717) is 6.42 Å². The lowest BCUT2D eigenvalue weighted by molar-refractivity contribution is -0.210. The molecule has 3 rings (SSSR count). The van der Waals surface area contributed by atoms with E-state index in [2.05, 4.69) is 4.90 Å². The molecule has 5 atom stereocenters. The van der Waals surface area contributed by atoms with E-state index in [1.54, 1.807) is 13.8 Å². The fraction of sp³-hybridized carbons (Fsp3) is 0.778. The van der Waals surface area contributed by atoms with Gasteiger partial charge >= 0.3 is 11.9 Å². The quantitative estimate of drug-likeness (QED) is 0.515. The fourth-order valence-electron chi connectivity index (χ4n) is 4.30. The van der Waals surface area contributed by atoms with E-state index in [0.717, 1.165) is 18.7 Å². The number of aliphatic hydroxyl groups is 2. The molecule has 0 aliphatic carbocycles. The van der Waals surface area contributed by atoms with Gasteiger partial charge in [0.25, 0.3) is 0 Å². The molecule has 0 bridgehead atoms. The van der Waals surface area contributed by atoms with Crippen LogP contribution in [-0.2, 0) is 19.1 Å². The molecule has 0 unspecified atom stereocenters. The zero-order valence-corrected chi connectivity index (χ0v) is 15.2. The van der Waals surface area contributed by atoms with Crippen LogP contribution in [0.2, 0.25) is 0 Å². The van der Waals surface area contributed by atoms with Crippen molar-refractivity contribution in [3.05, 3.63) is 11.6 Å². The molecule has 3 aliphatic rings. The Balaban J connectivity index is 2.02. The van der Waals surface area contributed by atoms with Gasteiger partial charge in [0.15, 0.2) is 5.60 Å². The van der Waals surface area contributed by atoms with Gasteiger partial charge in [0.1, 0.15) is 18.3 Å². The molecule has 0 amide bonds. The summed E-state index contributed by atoms with van der Waals surface area (Å²) in [5.41, 5.74) is -3.39. The van der Waals surface area contributed by atoms with Gasteiger partial charge < -0.3 is 19.7 Å². The second-order valence-corrected chi connectivity index (χ2v) is 8.00. The zero-order chi connectivity index (χ0) is 18.6. The highest BCUT2D eigenvalue weighted by molar-refractivity contribution is 5.84. The van der Waals surface area contributed by atoms with E-state index in [-0.39, 0.29) is 24.7 Å². The lowest BCUT2D eigenvalue weighted by Crippen LogP contribution is -2.63. The van der Waals surface area contributed by atoms with Crippen LogP contribution in [0.25, 0.3) is 0 Å². The number of nitrogens with zero attached hydrogens (tertiary/aromatic N) is 1. The van der Waals surface area contributed by atoms with Gasteiger partial charge in [0.2, 0.25) is 0 Å². The first-order valence-corrected chi connectivity index (χ1v) is 8.82. The standard InChI is InChI=1S/C18H27NO6/c1-10(2)13-15(20)25-12-6-8-19-7-5-11(14(12)19)9-24-16(21)18(4,23)17(13,3)22/h5,10,12-14,22-23H,6-9H2,1-4H3/t12-,13+,14-,17-,18-/m1/s1. The van der Waals surface area contributed by atoms with Crippen LogP contribution in [0, 0.1) is 11.8 Å². The molecule has 3 heterocycles. The minimum Gasteiger partial charge on any atom is -0.460 e. The normalized spacial score (nSPS) is 42.5. The maximum Gasteiger partial charge on any atom is 0.341 e. The first kappa shape index (κ1) is 18.4. The molecule has 140 valence electrons. The maximum absolute atomic E-state index is 12.9. The van der Waals surface area contributed by atoms with Crippen molar-refractivity contribution in [1.29, 1.82) is 0 Å². The summed E-state index contributed by atoms with van der Waals surface area (Å²) in [4.78, 5) is 27.6. The Kier molecular flexibility index (Phi) is 4.46. The molecule has 2 saturated heterocycles. The van der Waals surface area contributed by atoms with Crippen LogP contribution < -0.4 is 0 Å². The highest BCUT2D eigenvalue weighted by Gasteiger charge is 2.58. The van der Waals surface area contributed by atoms with Crippen molar-refractivity contribution in [2.45, 2.75) is 57.5 Å². The topological polar surface area (TPSA) is 96.3 Å². The highest BCUT2D eigenvalue weighted by Crippen LogP contribution is 2.39. The van der Waals surface area contributed by atoms with Gasteiger partial charge in [-0.25, -0.2) is 4.79 Å². The Hall–Kier alpha value is -1.44. The molecule has 0 aromatic carbocycles. The largest absolute Gasteiger partial charge is 0.460 e. The smallest absolute Gasteiger partial charge is 0.341 e. The van der Waals surface area contributed by atoms with Crippen LogP contribution in [-0.4, -0.2) is 70.1 Å². The van der Waals surface area contributed by atoms with Gasteiger partial charge in [-0.05, 0) is 31.8 Å². The number of cyclic esters (lactones) is 1. The zero-order valence-electron chi connectivity index (χ0n) is 15.2. The molecular formula is C18H27NO6. The van der Waals surface area contributed by atoms with Gasteiger partial charge in [-0.3, -0.25) is 9.69 Å². The third-order valence-corrected chi connectivity index (χ3v) is 5.96. The van der Waals surface area contributed by atoms with Crippen molar-refractivity contribution in [2.75, 3.05) is 19.7 Å². The van der Waals surface area contributed by atoms with Crippen molar-refractivity contribution < 1.29 is 29.3 Å². The third-order valence-electron chi connectivity index (χ3n) is 5.96. The predicted octanol–water partition coefficient (Wildman–Crippen LogP) is 0.244. The molecule has 0 radical (unpaired) electrons. The second kappa shape index (κ2) is 6.07. The SMILES string of the molecule is CC(C)[C@H]1C(=O)O[C@@H]2CCN3CC=C(COC(=O)[C@@](C)(O)[C@]1(C)O)[C@H]23. The number of hydrogen-bond acceptors (Lipinski definition) is 7. The molecule has 0 aromatic rings.